The van der Waals surface area contributed by atoms with Crippen LogP contribution in [0.2, 0.25) is 0 Å². The van der Waals surface area contributed by atoms with Gasteiger partial charge in [0.15, 0.2) is 0 Å². The molecule has 20 heavy (non-hydrogen) atoms. The highest BCUT2D eigenvalue weighted by Gasteiger charge is 2.26. The van der Waals surface area contributed by atoms with Gasteiger partial charge >= 0.3 is 0 Å². The minimum absolute atomic E-state index is 0.772. The van der Waals surface area contributed by atoms with E-state index in [1.54, 1.807) is 11.1 Å². The van der Waals surface area contributed by atoms with Gasteiger partial charge < -0.3 is 5.32 Å². The highest BCUT2D eigenvalue weighted by molar-refractivity contribution is 5.27. The minimum atomic E-state index is 0.772. The Morgan fingerprint density at radius 1 is 1.15 bits per heavy atom. The Hall–Kier alpha value is -0.860. The van der Waals surface area contributed by atoms with Crippen LogP contribution < -0.4 is 5.32 Å². The average Bonchev–Trinajstić information content (AvgIpc) is 2.83. The van der Waals surface area contributed by atoms with Crippen LogP contribution in [0.15, 0.2) is 24.3 Å². The zero-order chi connectivity index (χ0) is 13.8. The molecule has 110 valence electrons. The molecule has 2 aliphatic rings. The van der Waals surface area contributed by atoms with Crippen LogP contribution in [0.1, 0.15) is 43.2 Å². The monoisotopic (exact) mass is 272 g/mol. The highest BCUT2D eigenvalue weighted by Crippen LogP contribution is 2.29. The number of benzene rings is 1. The Morgan fingerprint density at radius 3 is 2.85 bits per heavy atom. The number of fused-ring (bicyclic) bond motifs is 1. The first-order chi connectivity index (χ1) is 9.86. The molecule has 0 saturated heterocycles. The molecular weight excluding hydrogens is 244 g/mol. The van der Waals surface area contributed by atoms with Gasteiger partial charge in [-0.15, -0.1) is 0 Å². The van der Waals surface area contributed by atoms with Gasteiger partial charge in [-0.25, -0.2) is 0 Å². The number of nitrogens with one attached hydrogen (secondary N) is 1. The summed E-state index contributed by atoms with van der Waals surface area (Å²) in [4.78, 5) is 2.68. The SMILES string of the molecule is CNC1CCCC1CCN1CCCc2ccccc2C1. The summed E-state index contributed by atoms with van der Waals surface area (Å²) < 4.78 is 0. The maximum absolute atomic E-state index is 3.51. The van der Waals surface area contributed by atoms with Crippen molar-refractivity contribution in [1.29, 1.82) is 0 Å². The largest absolute Gasteiger partial charge is 0.317 e. The Morgan fingerprint density at radius 2 is 2.00 bits per heavy atom. The average molecular weight is 272 g/mol. The van der Waals surface area contributed by atoms with Crippen LogP contribution in [-0.2, 0) is 13.0 Å². The summed E-state index contributed by atoms with van der Waals surface area (Å²) >= 11 is 0. The Balaban J connectivity index is 1.56. The van der Waals surface area contributed by atoms with Crippen LogP contribution in [0.5, 0.6) is 0 Å². The van der Waals surface area contributed by atoms with Crippen molar-refractivity contribution in [2.24, 2.45) is 5.92 Å². The third-order valence-corrected chi connectivity index (χ3v) is 5.28. The van der Waals surface area contributed by atoms with Crippen molar-refractivity contribution in [3.8, 4) is 0 Å². The molecule has 2 unspecified atom stereocenters. The van der Waals surface area contributed by atoms with E-state index < -0.39 is 0 Å². The first-order valence-electron chi connectivity index (χ1n) is 8.33. The van der Waals surface area contributed by atoms with Crippen LogP contribution in [0.25, 0.3) is 0 Å². The van der Waals surface area contributed by atoms with E-state index >= 15 is 0 Å². The van der Waals surface area contributed by atoms with Crippen molar-refractivity contribution >= 4 is 0 Å². The van der Waals surface area contributed by atoms with Crippen molar-refractivity contribution < 1.29 is 0 Å². The number of rotatable bonds is 4. The molecule has 1 heterocycles. The number of nitrogens with zero attached hydrogens (tertiary/aromatic N) is 1. The maximum Gasteiger partial charge on any atom is 0.0236 e. The third-order valence-electron chi connectivity index (χ3n) is 5.28. The molecule has 2 nitrogen and oxygen atoms in total. The maximum atomic E-state index is 3.51. The van der Waals surface area contributed by atoms with Gasteiger partial charge in [-0.2, -0.15) is 0 Å². The summed E-state index contributed by atoms with van der Waals surface area (Å²) in [5.74, 6) is 0.901. The van der Waals surface area contributed by atoms with Crippen LogP contribution in [0.4, 0.5) is 0 Å². The zero-order valence-electron chi connectivity index (χ0n) is 12.8. The van der Waals surface area contributed by atoms with Crippen molar-refractivity contribution in [1.82, 2.24) is 10.2 Å². The van der Waals surface area contributed by atoms with E-state index in [9.17, 15) is 0 Å². The second kappa shape index (κ2) is 6.73. The molecule has 1 fully saturated rings. The molecule has 1 aromatic rings. The van der Waals surface area contributed by atoms with Gasteiger partial charge in [0.25, 0.3) is 0 Å². The van der Waals surface area contributed by atoms with Gasteiger partial charge in [0.1, 0.15) is 0 Å². The number of hydrogen-bond acceptors (Lipinski definition) is 2. The fourth-order valence-corrected chi connectivity index (χ4v) is 4.07. The van der Waals surface area contributed by atoms with Crippen molar-refractivity contribution in [3.63, 3.8) is 0 Å². The van der Waals surface area contributed by atoms with Gasteiger partial charge in [-0.1, -0.05) is 30.7 Å². The van der Waals surface area contributed by atoms with E-state index in [1.807, 2.05) is 0 Å². The minimum Gasteiger partial charge on any atom is -0.317 e. The molecule has 2 atom stereocenters. The smallest absolute Gasteiger partial charge is 0.0236 e. The lowest BCUT2D eigenvalue weighted by Crippen LogP contribution is -2.32. The van der Waals surface area contributed by atoms with Gasteiger partial charge in [0.2, 0.25) is 0 Å². The molecule has 1 aliphatic carbocycles. The Labute approximate surface area is 123 Å². The van der Waals surface area contributed by atoms with E-state index in [0.717, 1.165) is 18.5 Å². The molecule has 0 bridgehead atoms. The second-order valence-electron chi connectivity index (χ2n) is 6.52. The van der Waals surface area contributed by atoms with Crippen molar-refractivity contribution in [2.45, 2.75) is 51.1 Å². The molecule has 2 heteroatoms. The molecular formula is C18H28N2. The Kier molecular flexibility index (Phi) is 4.74. The topological polar surface area (TPSA) is 15.3 Å². The van der Waals surface area contributed by atoms with E-state index in [1.165, 1.54) is 51.6 Å². The van der Waals surface area contributed by atoms with Crippen LogP contribution in [0, 0.1) is 5.92 Å². The fraction of sp³-hybridized carbons (Fsp3) is 0.667. The zero-order valence-corrected chi connectivity index (χ0v) is 12.8. The third kappa shape index (κ3) is 3.24. The predicted molar refractivity (Wildman–Crippen MR) is 84.8 cm³/mol. The van der Waals surface area contributed by atoms with Crippen LogP contribution in [-0.4, -0.2) is 31.1 Å². The summed E-state index contributed by atoms with van der Waals surface area (Å²) in [6, 6.07) is 9.78. The summed E-state index contributed by atoms with van der Waals surface area (Å²) in [7, 11) is 2.13. The summed E-state index contributed by atoms with van der Waals surface area (Å²) in [6.07, 6.45) is 8.17. The van der Waals surface area contributed by atoms with Crippen molar-refractivity contribution in [3.05, 3.63) is 35.4 Å². The first-order valence-corrected chi connectivity index (χ1v) is 8.33. The summed E-state index contributed by atoms with van der Waals surface area (Å²) in [6.45, 7) is 3.70. The van der Waals surface area contributed by atoms with Crippen LogP contribution >= 0.6 is 0 Å². The first kappa shape index (κ1) is 14.1. The van der Waals surface area contributed by atoms with E-state index in [2.05, 4.69) is 41.5 Å². The standard InChI is InChI=1S/C18H28N2/c1-19-18-10-4-8-16(18)11-13-20-12-5-9-15-6-2-3-7-17(15)14-20/h2-3,6-7,16,18-19H,4-5,8-14H2,1H3. The lowest BCUT2D eigenvalue weighted by atomic mass is 9.99. The molecule has 3 rings (SSSR count). The van der Waals surface area contributed by atoms with Crippen molar-refractivity contribution in [2.75, 3.05) is 20.1 Å². The lowest BCUT2D eigenvalue weighted by Gasteiger charge is -2.25. The number of aryl methyl sites for hydroxylation is 1. The van der Waals surface area contributed by atoms with E-state index in [4.69, 9.17) is 0 Å². The quantitative estimate of drug-likeness (QED) is 0.905. The predicted octanol–water partition coefficient (Wildman–Crippen LogP) is 3.21. The molecule has 1 saturated carbocycles. The van der Waals surface area contributed by atoms with Gasteiger partial charge in [-0.3, -0.25) is 4.90 Å². The molecule has 0 amide bonds. The molecule has 1 aliphatic heterocycles. The van der Waals surface area contributed by atoms with Gasteiger partial charge in [0.05, 0.1) is 0 Å². The molecule has 0 aromatic heterocycles. The van der Waals surface area contributed by atoms with Gasteiger partial charge in [0, 0.05) is 12.6 Å². The summed E-state index contributed by atoms with van der Waals surface area (Å²) in [5.41, 5.74) is 3.13. The lowest BCUT2D eigenvalue weighted by molar-refractivity contribution is 0.238. The summed E-state index contributed by atoms with van der Waals surface area (Å²) in [5, 5.41) is 3.51. The molecule has 1 aromatic carbocycles. The molecule has 0 spiro atoms. The van der Waals surface area contributed by atoms with Gasteiger partial charge in [-0.05, 0) is 69.3 Å². The number of hydrogen-bond donors (Lipinski definition) is 1. The fourth-order valence-electron chi connectivity index (χ4n) is 4.07. The normalized spacial score (nSPS) is 27.2. The molecule has 0 radical (unpaired) electrons. The van der Waals surface area contributed by atoms with E-state index in [-0.39, 0.29) is 0 Å². The molecule has 1 N–H and O–H groups in total. The highest BCUT2D eigenvalue weighted by atomic mass is 15.1. The van der Waals surface area contributed by atoms with Crippen LogP contribution in [0.3, 0.4) is 0 Å². The van der Waals surface area contributed by atoms with E-state index in [0.29, 0.717) is 0 Å². The Bertz CT molecular complexity index is 429. The second-order valence-corrected chi connectivity index (χ2v) is 6.52.